The van der Waals surface area contributed by atoms with Gasteiger partial charge < -0.3 is 5.73 Å². The largest absolute Gasteiger partial charge is 0.317 e. The molecule has 0 spiro atoms. The molecule has 0 aliphatic heterocycles. The van der Waals surface area contributed by atoms with Gasteiger partial charge in [0.15, 0.2) is 0 Å². The van der Waals surface area contributed by atoms with E-state index in [1.54, 1.807) is 48.7 Å². The smallest absolute Gasteiger partial charge is 0.278 e. The lowest BCUT2D eigenvalue weighted by atomic mass is 10.2. The van der Waals surface area contributed by atoms with Crippen LogP contribution < -0.4 is 15.9 Å². The number of aromatic nitrogens is 3. The van der Waals surface area contributed by atoms with Gasteiger partial charge in [-0.2, -0.15) is 0 Å². The summed E-state index contributed by atoms with van der Waals surface area (Å²) in [5, 5.41) is 0.0932. The van der Waals surface area contributed by atoms with Crippen LogP contribution in [0.25, 0.3) is 16.7 Å². The first-order valence-electron chi connectivity index (χ1n) is 10.1. The van der Waals surface area contributed by atoms with Gasteiger partial charge in [-0.05, 0) is 60.2 Å². The fraction of sp³-hybridized carbons (Fsp3) is 0.0417. The third-order valence-electron chi connectivity index (χ3n) is 5.49. The lowest BCUT2D eigenvalue weighted by Gasteiger charge is -2.13. The molecule has 0 aliphatic rings. The molecule has 0 saturated carbocycles. The molecule has 2 aromatic carbocycles. The SMILES string of the molecule is Nc1c(S(=O)(=O)c2ccc(Br)cc2)cc2c(=O)n3ccccc3nc2[n+]1Cc1ccc(F)cc1. The minimum atomic E-state index is -4.07. The van der Waals surface area contributed by atoms with Gasteiger partial charge in [0.05, 0.1) is 11.4 Å². The summed E-state index contributed by atoms with van der Waals surface area (Å²) in [5.74, 6) is -0.479. The van der Waals surface area contributed by atoms with Crippen LogP contribution in [-0.2, 0) is 16.4 Å². The first kappa shape index (κ1) is 22.2. The minimum Gasteiger partial charge on any atom is -0.317 e. The van der Waals surface area contributed by atoms with Crippen molar-refractivity contribution in [1.29, 1.82) is 0 Å². The van der Waals surface area contributed by atoms with Gasteiger partial charge in [0.1, 0.15) is 16.1 Å². The highest BCUT2D eigenvalue weighted by Gasteiger charge is 2.29. The Labute approximate surface area is 202 Å². The van der Waals surface area contributed by atoms with E-state index in [0.29, 0.717) is 11.2 Å². The molecule has 0 unspecified atom stereocenters. The van der Waals surface area contributed by atoms with E-state index in [0.717, 1.165) is 4.47 Å². The van der Waals surface area contributed by atoms with E-state index in [4.69, 9.17) is 5.73 Å². The van der Waals surface area contributed by atoms with Crippen LogP contribution in [-0.4, -0.2) is 17.8 Å². The number of hydrogen-bond acceptors (Lipinski definition) is 5. The average Bonchev–Trinajstić information content (AvgIpc) is 2.82. The Kier molecular flexibility index (Phi) is 5.41. The van der Waals surface area contributed by atoms with Gasteiger partial charge in [-0.15, -0.1) is 0 Å². The summed E-state index contributed by atoms with van der Waals surface area (Å²) in [6.07, 6.45) is 1.56. The van der Waals surface area contributed by atoms with Crippen LogP contribution in [0.1, 0.15) is 5.56 Å². The zero-order chi connectivity index (χ0) is 24.0. The predicted octanol–water partition coefficient (Wildman–Crippen LogP) is 3.50. The number of nitrogens with zero attached hydrogens (tertiary/aromatic N) is 3. The Hall–Kier alpha value is -3.63. The number of fused-ring (bicyclic) bond motifs is 2. The normalized spacial score (nSPS) is 11.8. The quantitative estimate of drug-likeness (QED) is 0.278. The van der Waals surface area contributed by atoms with Crippen molar-refractivity contribution in [2.24, 2.45) is 0 Å². The zero-order valence-corrected chi connectivity index (χ0v) is 19.9. The highest BCUT2D eigenvalue weighted by atomic mass is 79.9. The second kappa shape index (κ2) is 8.30. The number of nitrogens with two attached hydrogens (primary N) is 1. The van der Waals surface area contributed by atoms with Crippen LogP contribution in [0.5, 0.6) is 0 Å². The van der Waals surface area contributed by atoms with Gasteiger partial charge in [0, 0.05) is 10.7 Å². The molecule has 5 rings (SSSR count). The summed E-state index contributed by atoms with van der Waals surface area (Å²) in [7, 11) is -4.07. The molecule has 170 valence electrons. The van der Waals surface area contributed by atoms with E-state index in [-0.39, 0.29) is 33.2 Å². The molecular weight excluding hydrogens is 523 g/mol. The van der Waals surface area contributed by atoms with Crippen LogP contribution in [0, 0.1) is 5.82 Å². The third kappa shape index (κ3) is 3.74. The molecular formula is C24H17BrFN4O3S+. The second-order valence-electron chi connectivity index (χ2n) is 7.65. The van der Waals surface area contributed by atoms with Crippen LogP contribution in [0.2, 0.25) is 0 Å². The van der Waals surface area contributed by atoms with E-state index in [9.17, 15) is 17.6 Å². The topological polar surface area (TPSA) is 98.4 Å². The van der Waals surface area contributed by atoms with Gasteiger partial charge >= 0.3 is 0 Å². The molecule has 3 heterocycles. The first-order chi connectivity index (χ1) is 16.3. The number of sulfone groups is 1. The third-order valence-corrected chi connectivity index (χ3v) is 7.82. The molecule has 0 aliphatic carbocycles. The van der Waals surface area contributed by atoms with E-state index < -0.39 is 21.2 Å². The van der Waals surface area contributed by atoms with Crippen molar-refractivity contribution in [3.63, 3.8) is 0 Å². The molecule has 2 N–H and O–H groups in total. The molecule has 0 atom stereocenters. The van der Waals surface area contributed by atoms with E-state index >= 15 is 0 Å². The highest BCUT2D eigenvalue weighted by molar-refractivity contribution is 9.10. The van der Waals surface area contributed by atoms with Crippen molar-refractivity contribution in [3.8, 4) is 0 Å². The lowest BCUT2D eigenvalue weighted by Crippen LogP contribution is -2.42. The summed E-state index contributed by atoms with van der Waals surface area (Å²) < 4.78 is 44.1. The van der Waals surface area contributed by atoms with E-state index in [1.807, 2.05) is 0 Å². The van der Waals surface area contributed by atoms with Crippen molar-refractivity contribution >= 4 is 48.3 Å². The lowest BCUT2D eigenvalue weighted by molar-refractivity contribution is -0.651. The molecule has 10 heteroatoms. The molecule has 3 aromatic heterocycles. The highest BCUT2D eigenvalue weighted by Crippen LogP contribution is 2.27. The van der Waals surface area contributed by atoms with Crippen LogP contribution in [0.3, 0.4) is 0 Å². The maximum absolute atomic E-state index is 13.5. The fourth-order valence-electron chi connectivity index (χ4n) is 3.76. The summed E-state index contributed by atoms with van der Waals surface area (Å²) in [6.45, 7) is 0.0851. The van der Waals surface area contributed by atoms with E-state index in [1.165, 1.54) is 39.3 Å². The Bertz CT molecular complexity index is 1740. The Morgan fingerprint density at radius 3 is 2.44 bits per heavy atom. The zero-order valence-electron chi connectivity index (χ0n) is 17.5. The molecule has 0 fully saturated rings. The predicted molar refractivity (Wildman–Crippen MR) is 129 cm³/mol. The van der Waals surface area contributed by atoms with Gasteiger partial charge in [0.2, 0.25) is 21.3 Å². The summed E-state index contributed by atoms with van der Waals surface area (Å²) in [4.78, 5) is 17.7. The molecule has 0 saturated heterocycles. The number of halogens is 2. The first-order valence-corrected chi connectivity index (χ1v) is 12.4. The molecule has 5 aromatic rings. The fourth-order valence-corrected chi connectivity index (χ4v) is 5.43. The van der Waals surface area contributed by atoms with E-state index in [2.05, 4.69) is 20.9 Å². The number of nitrogen functional groups attached to an aromatic ring is 1. The monoisotopic (exact) mass is 539 g/mol. The van der Waals surface area contributed by atoms with Gasteiger partial charge in [-0.25, -0.2) is 17.4 Å². The van der Waals surface area contributed by atoms with Crippen molar-refractivity contribution in [2.75, 3.05) is 5.73 Å². The van der Waals surface area contributed by atoms with Crippen LogP contribution in [0.15, 0.2) is 98.1 Å². The standard InChI is InChI=1S/C24H16BrFN4O3S/c25-16-6-10-18(11-7-16)34(32,33)20-13-19-23(28-21-3-1-2-12-29(21)24(19)31)30(22(20)27)14-15-4-8-17(26)9-5-15/h1-13,27H,14H2/p+1. The number of pyridine rings is 2. The Balaban J connectivity index is 1.85. The van der Waals surface area contributed by atoms with Crippen LogP contribution >= 0.6 is 15.9 Å². The van der Waals surface area contributed by atoms with Crippen molar-refractivity contribution in [3.05, 3.63) is 105 Å². The summed E-state index contributed by atoms with van der Waals surface area (Å²) in [5.41, 5.74) is 7.27. The number of benzene rings is 2. The maximum atomic E-state index is 13.5. The number of anilines is 1. The van der Waals surface area contributed by atoms with Gasteiger partial charge in [0.25, 0.3) is 11.2 Å². The maximum Gasteiger partial charge on any atom is 0.278 e. The van der Waals surface area contributed by atoms with Gasteiger partial charge in [-0.1, -0.05) is 39.1 Å². The van der Waals surface area contributed by atoms with Crippen LogP contribution in [0.4, 0.5) is 10.2 Å². The van der Waals surface area contributed by atoms with Crippen molar-refractivity contribution in [1.82, 2.24) is 9.38 Å². The van der Waals surface area contributed by atoms with Crippen molar-refractivity contribution in [2.45, 2.75) is 16.3 Å². The molecule has 0 amide bonds. The minimum absolute atomic E-state index is 0.0314. The summed E-state index contributed by atoms with van der Waals surface area (Å²) in [6, 6.07) is 18.2. The number of hydrogen-bond donors (Lipinski definition) is 1. The Morgan fingerprint density at radius 1 is 1.03 bits per heavy atom. The number of rotatable bonds is 4. The molecule has 7 nitrogen and oxygen atoms in total. The van der Waals surface area contributed by atoms with Crippen molar-refractivity contribution < 1.29 is 17.4 Å². The van der Waals surface area contributed by atoms with Gasteiger partial charge in [-0.3, -0.25) is 9.20 Å². The Morgan fingerprint density at radius 2 is 1.74 bits per heavy atom. The second-order valence-corrected chi connectivity index (χ2v) is 10.5. The summed E-state index contributed by atoms with van der Waals surface area (Å²) >= 11 is 3.30. The average molecular weight is 540 g/mol. The molecule has 0 radical (unpaired) electrons. The molecule has 34 heavy (non-hydrogen) atoms. The molecule has 0 bridgehead atoms.